The Hall–Kier alpha value is -6.28. The van der Waals surface area contributed by atoms with Crippen LogP contribution < -0.4 is 16.0 Å². The third-order valence-corrected chi connectivity index (χ3v) is 23.9. The molecule has 3 saturated heterocycles. The summed E-state index contributed by atoms with van der Waals surface area (Å²) in [7, 11) is 10.1. The average Bonchev–Trinajstić information content (AvgIpc) is 1.74. The maximum Gasteiger partial charge on any atom is 0.393 e. The minimum atomic E-state index is -4.51. The lowest BCUT2D eigenvalue weighted by atomic mass is 9.78. The van der Waals surface area contributed by atoms with Gasteiger partial charge in [-0.2, -0.15) is 13.2 Å². The fourth-order valence-corrected chi connectivity index (χ4v) is 17.3. The Labute approximate surface area is 601 Å². The molecule has 7 fully saturated rings. The molecule has 7 aliphatic rings. The van der Waals surface area contributed by atoms with E-state index in [1.807, 2.05) is 20.8 Å². The highest BCUT2D eigenvalue weighted by Gasteiger charge is 2.52. The van der Waals surface area contributed by atoms with Gasteiger partial charge < -0.3 is 60.0 Å². The number of likely N-dealkylation sites (N-methyl/N-ethyl adjacent to an activating group) is 7. The lowest BCUT2D eigenvalue weighted by molar-refractivity contribution is -0.182. The van der Waals surface area contributed by atoms with Gasteiger partial charge in [0, 0.05) is 74.3 Å². The van der Waals surface area contributed by atoms with Crippen LogP contribution in [-0.4, -0.2) is 263 Å². The molecule has 12 amide bonds. The van der Waals surface area contributed by atoms with E-state index < -0.39 is 174 Å². The molecule has 24 nitrogen and oxygen atoms in total. The number of halogens is 4. The van der Waals surface area contributed by atoms with E-state index in [9.17, 15) is 41.9 Å². The second-order valence-electron chi connectivity index (χ2n) is 31.2. The van der Waals surface area contributed by atoms with Gasteiger partial charge in [-0.05, 0) is 132 Å². The molecule has 7 rings (SSSR count). The molecule has 0 radical (unpaired) electrons. The first-order chi connectivity index (χ1) is 47.7. The van der Waals surface area contributed by atoms with Gasteiger partial charge in [-0.1, -0.05) is 98.3 Å². The highest BCUT2D eigenvalue weighted by atomic mass is 35.5. The van der Waals surface area contributed by atoms with Crippen LogP contribution in [0.1, 0.15) is 207 Å². The van der Waals surface area contributed by atoms with Crippen molar-refractivity contribution in [2.75, 3.05) is 88.6 Å². The van der Waals surface area contributed by atoms with Crippen LogP contribution in [0.3, 0.4) is 0 Å². The van der Waals surface area contributed by atoms with Gasteiger partial charge >= 0.3 is 6.18 Å². The molecular weight excluding hydrogens is 1330 g/mol. The number of rotatable bonds is 11. The number of hydrogen-bond donors (Lipinski definition) is 3. The number of fused-ring (bicyclic) bond motifs is 1. The van der Waals surface area contributed by atoms with Gasteiger partial charge in [-0.25, -0.2) is 0 Å². The highest BCUT2D eigenvalue weighted by Crippen LogP contribution is 2.44. The van der Waals surface area contributed by atoms with E-state index in [0.29, 0.717) is 64.5 Å². The van der Waals surface area contributed by atoms with E-state index in [1.165, 1.54) is 78.7 Å². The number of alkyl halides is 4. The van der Waals surface area contributed by atoms with Crippen molar-refractivity contribution >= 4 is 82.5 Å². The summed E-state index contributed by atoms with van der Waals surface area (Å²) < 4.78 is 42.1. The van der Waals surface area contributed by atoms with Crippen LogP contribution in [-0.2, 0) is 57.5 Å². The average molecular weight is 1450 g/mol. The third-order valence-electron chi connectivity index (χ3n) is 23.5. The van der Waals surface area contributed by atoms with Crippen LogP contribution in [0.4, 0.5) is 13.2 Å². The van der Waals surface area contributed by atoms with Crippen molar-refractivity contribution in [1.29, 1.82) is 0 Å². The SMILES string of the molecule is CC[C@H](C)[C@@H]1NC(=O)[C@H](CC(C)C)N(C)C(=O)C[C@@H](C(=O)N2CCCCC2)N(C)C(=O)[C@H](C2CCCCC2)N(C)C(=O)C2(CCCC2)NC(=O)[C@@H]2CCCN2C(=O)[C@H](CCC2CCC(C(F)(F)F)C(Cl)C2)NC(=O)CN(C)C(=O)[C@H](CC2CCCCC2)N(C)C(=O)CN(C)C(=O)CN(C)C1=O. The lowest BCUT2D eigenvalue weighted by Crippen LogP contribution is -2.65. The molecule has 3 N–H and O–H groups in total. The molecule has 0 aromatic heterocycles. The summed E-state index contributed by atoms with van der Waals surface area (Å²) in [4.78, 5) is 191. The molecule has 0 bridgehead atoms. The van der Waals surface area contributed by atoms with Gasteiger partial charge in [-0.3, -0.25) is 57.5 Å². The predicted molar refractivity (Wildman–Crippen MR) is 375 cm³/mol. The van der Waals surface area contributed by atoms with Crippen molar-refractivity contribution in [3.8, 4) is 0 Å². The Morgan fingerprint density at radius 1 is 0.574 bits per heavy atom. The number of likely N-dealkylation sites (tertiary alicyclic amines) is 1. The van der Waals surface area contributed by atoms with Gasteiger partial charge in [0.2, 0.25) is 70.9 Å². The van der Waals surface area contributed by atoms with Gasteiger partial charge in [0.1, 0.15) is 47.8 Å². The Bertz CT molecular complexity index is 2920. The monoisotopic (exact) mass is 1450 g/mol. The maximum absolute atomic E-state index is 15.8. The van der Waals surface area contributed by atoms with Gasteiger partial charge in [0.05, 0.1) is 32.0 Å². The summed E-state index contributed by atoms with van der Waals surface area (Å²) in [6.45, 7) is 6.59. The van der Waals surface area contributed by atoms with Crippen LogP contribution in [0.25, 0.3) is 0 Å². The molecule has 3 heterocycles. The lowest BCUT2D eigenvalue weighted by Gasteiger charge is -2.43. The maximum atomic E-state index is 15.8. The van der Waals surface area contributed by atoms with Crippen LogP contribution in [0.2, 0.25) is 0 Å². The van der Waals surface area contributed by atoms with E-state index in [4.69, 9.17) is 11.6 Å². The summed E-state index contributed by atoms with van der Waals surface area (Å²) in [5, 5.41) is 7.65. The van der Waals surface area contributed by atoms with E-state index in [0.717, 1.165) is 67.6 Å². The molecule has 4 aliphatic carbocycles. The zero-order valence-electron chi connectivity index (χ0n) is 62.1. The molecule has 4 saturated carbocycles. The summed E-state index contributed by atoms with van der Waals surface area (Å²) >= 11 is 6.41. The quantitative estimate of drug-likeness (QED) is 0.188. The van der Waals surface area contributed by atoms with Crippen molar-refractivity contribution in [3.63, 3.8) is 0 Å². The van der Waals surface area contributed by atoms with Gasteiger partial charge in [0.15, 0.2) is 0 Å². The summed E-state index contributed by atoms with van der Waals surface area (Å²) in [5.41, 5.74) is -1.55. The summed E-state index contributed by atoms with van der Waals surface area (Å²) in [5.74, 6) is -10.5. The van der Waals surface area contributed by atoms with E-state index >= 15 is 28.8 Å². The number of nitrogens with one attached hydrogen (secondary N) is 3. The molecule has 0 aromatic rings. The molecule has 1 spiro atoms. The standard InChI is InChI=1S/C73H118ClF3N12O12/c1-12-47(4)62-69(99)83(7)44-60(92)81(5)45-61(93)85(9)56(41-48-25-16-13-17-26-48)67(97)82(6)43-58(90)78-53(33-31-49-30-32-51(52(74)40-49)73(75,76)77)66(96)89-38-24-29-54(89)65(95)80-72(34-20-21-35-72)71(101)87(11)63(50-27-18-14-19-28-50)70(100)86(10)57(68(98)88-36-22-15-23-37-88)42-59(91)84(8)55(39-46(2)3)64(94)79-62/h46-57,62-63H,12-45H2,1-11H3,(H,78,90)(H,79,94)(H,80,95)/t47-,49?,51?,52?,53-,54-,55-,56-,57-,62-,63-/m0/s1. The summed E-state index contributed by atoms with van der Waals surface area (Å²) in [6.07, 6.45) is 7.98. The topological polar surface area (TPSA) is 270 Å². The Morgan fingerprint density at radius 3 is 1.77 bits per heavy atom. The van der Waals surface area contributed by atoms with Crippen LogP contribution >= 0.6 is 11.6 Å². The second kappa shape index (κ2) is 36.9. The Balaban J connectivity index is 1.28. The van der Waals surface area contributed by atoms with Crippen molar-refractivity contribution in [2.45, 2.75) is 267 Å². The van der Waals surface area contributed by atoms with Crippen LogP contribution in [0.15, 0.2) is 0 Å². The van der Waals surface area contributed by atoms with Crippen molar-refractivity contribution in [2.24, 2.45) is 35.5 Å². The first kappa shape index (κ1) is 82.0. The first-order valence-electron chi connectivity index (χ1n) is 37.7. The number of nitrogens with zero attached hydrogens (tertiary/aromatic N) is 9. The molecule has 101 heavy (non-hydrogen) atoms. The fraction of sp³-hybridized carbons (Fsp3) is 0.836. The van der Waals surface area contributed by atoms with Gasteiger partial charge in [0.25, 0.3) is 0 Å². The zero-order valence-corrected chi connectivity index (χ0v) is 62.8. The molecule has 570 valence electrons. The number of amides is 12. The minimum absolute atomic E-state index is 0.00311. The number of hydrogen-bond acceptors (Lipinski definition) is 12. The largest absolute Gasteiger partial charge is 0.393 e. The van der Waals surface area contributed by atoms with Crippen LogP contribution in [0, 0.1) is 35.5 Å². The van der Waals surface area contributed by atoms with Crippen molar-refractivity contribution < 1.29 is 70.7 Å². The summed E-state index contributed by atoms with van der Waals surface area (Å²) in [6, 6.07) is -8.51. The molecule has 3 aliphatic heterocycles. The van der Waals surface area contributed by atoms with Crippen molar-refractivity contribution in [1.82, 2.24) is 60.0 Å². The van der Waals surface area contributed by atoms with E-state index in [2.05, 4.69) is 16.0 Å². The molecule has 0 aromatic carbocycles. The molecular formula is C73H118ClF3N12O12. The number of carbonyl (C=O) groups is 12. The van der Waals surface area contributed by atoms with E-state index in [1.54, 1.807) is 11.8 Å². The fourth-order valence-electron chi connectivity index (χ4n) is 16.8. The number of carbonyl (C=O) groups excluding carboxylic acids is 12. The molecule has 11 atom stereocenters. The second-order valence-corrected chi connectivity index (χ2v) is 31.8. The van der Waals surface area contributed by atoms with E-state index in [-0.39, 0.29) is 88.5 Å². The smallest absolute Gasteiger partial charge is 0.343 e. The normalized spacial score (nSPS) is 29.9. The Morgan fingerprint density at radius 2 is 1.17 bits per heavy atom. The minimum Gasteiger partial charge on any atom is -0.343 e. The van der Waals surface area contributed by atoms with Crippen molar-refractivity contribution in [3.05, 3.63) is 0 Å². The van der Waals surface area contributed by atoms with Crippen LogP contribution in [0.5, 0.6) is 0 Å². The molecule has 28 heteroatoms. The third kappa shape index (κ3) is 21.0. The number of piperidine rings is 1. The molecule has 3 unspecified atom stereocenters. The van der Waals surface area contributed by atoms with Gasteiger partial charge in [-0.15, -0.1) is 11.6 Å². The predicted octanol–water partition coefficient (Wildman–Crippen LogP) is 6.48. The highest BCUT2D eigenvalue weighted by molar-refractivity contribution is 6.21. The first-order valence-corrected chi connectivity index (χ1v) is 38.1. The zero-order chi connectivity index (χ0) is 74.4. The Kier molecular flexibility index (Phi) is 30.0.